The third-order valence-corrected chi connectivity index (χ3v) is 6.01. The fourth-order valence-corrected chi connectivity index (χ4v) is 4.59. The highest BCUT2D eigenvalue weighted by Gasteiger charge is 2.57. The van der Waals surface area contributed by atoms with Gasteiger partial charge in [0, 0.05) is 19.0 Å². The fraction of sp³-hybridized carbons (Fsp3) is 0.556. The van der Waals surface area contributed by atoms with Crippen LogP contribution in [0.15, 0.2) is 24.3 Å². The molecule has 2 aliphatic carbocycles. The lowest BCUT2D eigenvalue weighted by Gasteiger charge is -2.23. The van der Waals surface area contributed by atoms with E-state index in [1.807, 2.05) is 0 Å². The Morgan fingerprint density at radius 1 is 1.26 bits per heavy atom. The number of fused-ring (bicyclic) bond motifs is 1. The molecule has 1 aromatic carbocycles. The number of halogens is 1. The van der Waals surface area contributed by atoms with E-state index in [2.05, 4.69) is 0 Å². The molecule has 2 unspecified atom stereocenters. The van der Waals surface area contributed by atoms with Crippen molar-refractivity contribution in [3.63, 3.8) is 0 Å². The summed E-state index contributed by atoms with van der Waals surface area (Å²) in [5, 5.41) is 9.61. The number of nitrogens with zero attached hydrogens (tertiary/aromatic N) is 1. The van der Waals surface area contributed by atoms with E-state index in [-0.39, 0.29) is 29.5 Å². The van der Waals surface area contributed by atoms with Crippen molar-refractivity contribution in [1.82, 2.24) is 4.90 Å². The van der Waals surface area contributed by atoms with Gasteiger partial charge in [0.05, 0.1) is 5.41 Å². The van der Waals surface area contributed by atoms with Gasteiger partial charge in [0.25, 0.3) is 0 Å². The van der Waals surface area contributed by atoms with Crippen LogP contribution >= 0.6 is 0 Å². The third kappa shape index (κ3) is 2.25. The molecule has 1 amide bonds. The van der Waals surface area contributed by atoms with Crippen LogP contribution in [-0.4, -0.2) is 35.0 Å². The second-order valence-corrected chi connectivity index (χ2v) is 7.27. The van der Waals surface area contributed by atoms with Crippen molar-refractivity contribution in [3.8, 4) is 0 Å². The van der Waals surface area contributed by atoms with Gasteiger partial charge in [-0.2, -0.15) is 0 Å². The van der Waals surface area contributed by atoms with E-state index in [9.17, 15) is 19.1 Å². The summed E-state index contributed by atoms with van der Waals surface area (Å²) in [4.78, 5) is 26.2. The molecule has 2 saturated carbocycles. The van der Waals surface area contributed by atoms with Gasteiger partial charge in [0.1, 0.15) is 5.82 Å². The Labute approximate surface area is 134 Å². The molecular weight excluding hydrogens is 297 g/mol. The number of benzene rings is 1. The number of amides is 1. The molecule has 4 atom stereocenters. The highest BCUT2D eigenvalue weighted by molar-refractivity contribution is 5.85. The third-order valence-electron chi connectivity index (χ3n) is 6.01. The Hall–Kier alpha value is -1.91. The molecule has 4 rings (SSSR count). The number of hydrogen-bond donors (Lipinski definition) is 1. The molecule has 0 aromatic heterocycles. The molecule has 4 nitrogen and oxygen atoms in total. The van der Waals surface area contributed by atoms with Gasteiger partial charge in [-0.15, -0.1) is 0 Å². The minimum atomic E-state index is -0.749. The zero-order valence-corrected chi connectivity index (χ0v) is 12.9. The van der Waals surface area contributed by atoms with Crippen molar-refractivity contribution >= 4 is 11.9 Å². The second kappa shape index (κ2) is 5.05. The van der Waals surface area contributed by atoms with Crippen LogP contribution in [0, 0.1) is 23.1 Å². The van der Waals surface area contributed by atoms with Crippen LogP contribution in [0.5, 0.6) is 0 Å². The van der Waals surface area contributed by atoms with E-state index >= 15 is 0 Å². The quantitative estimate of drug-likeness (QED) is 0.932. The molecular formula is C18H20FNO3. The summed E-state index contributed by atoms with van der Waals surface area (Å²) in [6, 6.07) is 6.33. The van der Waals surface area contributed by atoms with Crippen LogP contribution in [0.2, 0.25) is 0 Å². The topological polar surface area (TPSA) is 57.6 Å². The molecule has 0 radical (unpaired) electrons. The molecule has 1 saturated heterocycles. The molecule has 5 heteroatoms. The van der Waals surface area contributed by atoms with Crippen LogP contribution in [0.1, 0.15) is 37.2 Å². The summed E-state index contributed by atoms with van der Waals surface area (Å²) >= 11 is 0. The summed E-state index contributed by atoms with van der Waals surface area (Å²) < 4.78 is 13.0. The highest BCUT2D eigenvalue weighted by atomic mass is 19.1. The van der Waals surface area contributed by atoms with E-state index in [1.165, 1.54) is 12.1 Å². The Balaban J connectivity index is 1.45. The molecule has 3 aliphatic rings. The smallest absolute Gasteiger partial charge is 0.311 e. The summed E-state index contributed by atoms with van der Waals surface area (Å²) in [7, 11) is 0. The molecule has 23 heavy (non-hydrogen) atoms. The average Bonchev–Trinajstić information content (AvgIpc) is 3.06. The number of hydrogen-bond acceptors (Lipinski definition) is 2. The fourth-order valence-electron chi connectivity index (χ4n) is 4.59. The van der Waals surface area contributed by atoms with Crippen molar-refractivity contribution in [3.05, 3.63) is 35.6 Å². The summed E-state index contributed by atoms with van der Waals surface area (Å²) in [5.74, 6) is -0.745. The van der Waals surface area contributed by atoms with E-state index in [1.54, 1.807) is 17.0 Å². The maximum absolute atomic E-state index is 13.0. The van der Waals surface area contributed by atoms with Crippen LogP contribution in [0.3, 0.4) is 0 Å². The van der Waals surface area contributed by atoms with Gasteiger partial charge >= 0.3 is 5.97 Å². The molecule has 3 fully saturated rings. The van der Waals surface area contributed by atoms with Crippen LogP contribution in [0.4, 0.5) is 4.39 Å². The van der Waals surface area contributed by atoms with Crippen molar-refractivity contribution in [1.29, 1.82) is 0 Å². The van der Waals surface area contributed by atoms with Gasteiger partial charge in [0.15, 0.2) is 0 Å². The Bertz CT molecular complexity index is 659. The van der Waals surface area contributed by atoms with Gasteiger partial charge in [-0.3, -0.25) is 9.59 Å². The zero-order chi connectivity index (χ0) is 16.2. The lowest BCUT2D eigenvalue weighted by Crippen LogP contribution is -2.37. The first-order valence-electron chi connectivity index (χ1n) is 8.29. The van der Waals surface area contributed by atoms with Crippen molar-refractivity contribution in [2.24, 2.45) is 17.3 Å². The monoisotopic (exact) mass is 317 g/mol. The lowest BCUT2D eigenvalue weighted by molar-refractivity contribution is -0.149. The van der Waals surface area contributed by atoms with Crippen LogP contribution < -0.4 is 0 Å². The normalized spacial score (nSPS) is 35.2. The van der Waals surface area contributed by atoms with Gasteiger partial charge in [0.2, 0.25) is 5.91 Å². The van der Waals surface area contributed by atoms with E-state index in [0.29, 0.717) is 19.5 Å². The van der Waals surface area contributed by atoms with E-state index < -0.39 is 11.4 Å². The number of carboxylic acid groups (broad SMARTS) is 1. The van der Waals surface area contributed by atoms with Crippen LogP contribution in [0.25, 0.3) is 0 Å². The van der Waals surface area contributed by atoms with Gasteiger partial charge < -0.3 is 10.0 Å². The van der Waals surface area contributed by atoms with E-state index in [4.69, 9.17) is 0 Å². The lowest BCUT2D eigenvalue weighted by atomic mass is 9.81. The Kier molecular flexibility index (Phi) is 3.22. The van der Waals surface area contributed by atoms with Crippen LogP contribution in [-0.2, 0) is 9.59 Å². The zero-order valence-electron chi connectivity index (χ0n) is 12.9. The number of likely N-dealkylation sites (tertiary alicyclic amines) is 1. The predicted molar refractivity (Wildman–Crippen MR) is 81.2 cm³/mol. The molecule has 0 spiro atoms. The predicted octanol–water partition coefficient (Wildman–Crippen LogP) is 2.64. The minimum Gasteiger partial charge on any atom is -0.481 e. The minimum absolute atomic E-state index is 0.0647. The maximum atomic E-state index is 13.0. The first kappa shape index (κ1) is 14.7. The molecule has 1 aliphatic heterocycles. The SMILES string of the molecule is O=C(C1CC1c1ccc(F)cc1)N1C[C@@H]2CCC[C@@]2(C(=O)O)C1. The molecule has 0 bridgehead atoms. The number of rotatable bonds is 3. The molecule has 1 aromatic rings. The summed E-state index contributed by atoms with van der Waals surface area (Å²) in [6.07, 6.45) is 3.32. The van der Waals surface area contributed by atoms with E-state index in [0.717, 1.165) is 24.8 Å². The van der Waals surface area contributed by atoms with Gasteiger partial charge in [-0.1, -0.05) is 18.6 Å². The van der Waals surface area contributed by atoms with Crippen molar-refractivity contribution < 1.29 is 19.1 Å². The summed E-state index contributed by atoms with van der Waals surface area (Å²) in [5.41, 5.74) is 0.285. The molecule has 1 heterocycles. The Morgan fingerprint density at radius 2 is 2.00 bits per heavy atom. The maximum Gasteiger partial charge on any atom is 0.311 e. The standard InChI is InChI=1S/C18H20FNO3/c19-13-5-3-11(4-6-13)14-8-15(14)16(21)20-9-12-2-1-7-18(12,10-20)17(22)23/h3-6,12,14-15H,1-2,7-10H2,(H,22,23)/t12-,14?,15?,18+/m0/s1. The summed E-state index contributed by atoms with van der Waals surface area (Å²) in [6.45, 7) is 0.941. The number of carbonyl (C=O) groups is 2. The first-order valence-corrected chi connectivity index (χ1v) is 8.29. The second-order valence-electron chi connectivity index (χ2n) is 7.27. The first-order chi connectivity index (χ1) is 11.0. The average molecular weight is 317 g/mol. The van der Waals surface area contributed by atoms with Gasteiger partial charge in [-0.25, -0.2) is 4.39 Å². The number of carbonyl (C=O) groups excluding carboxylic acids is 1. The number of aliphatic carboxylic acids is 1. The van der Waals surface area contributed by atoms with Gasteiger partial charge in [-0.05, 0) is 48.8 Å². The molecule has 122 valence electrons. The largest absolute Gasteiger partial charge is 0.481 e. The Morgan fingerprint density at radius 3 is 2.65 bits per heavy atom. The highest BCUT2D eigenvalue weighted by Crippen LogP contribution is 2.53. The molecule has 1 N–H and O–H groups in total. The van der Waals surface area contributed by atoms with Crippen molar-refractivity contribution in [2.75, 3.05) is 13.1 Å². The number of carboxylic acids is 1. The van der Waals surface area contributed by atoms with Crippen molar-refractivity contribution in [2.45, 2.75) is 31.6 Å².